The average Bonchev–Trinajstić information content (AvgIpc) is 2.52. The summed E-state index contributed by atoms with van der Waals surface area (Å²) < 4.78 is 5.81. The molecule has 112 valence electrons. The van der Waals surface area contributed by atoms with E-state index < -0.39 is 0 Å². The molecule has 20 heavy (non-hydrogen) atoms. The summed E-state index contributed by atoms with van der Waals surface area (Å²) in [5.41, 5.74) is 6.76. The largest absolute Gasteiger partial charge is 0.494 e. The van der Waals surface area contributed by atoms with E-state index in [2.05, 4.69) is 23.6 Å². The molecule has 1 saturated heterocycles. The Morgan fingerprint density at radius 2 is 2.35 bits per heavy atom. The first kappa shape index (κ1) is 15.7. The average molecular weight is 294 g/mol. The molecule has 3 nitrogen and oxygen atoms in total. The minimum atomic E-state index is 0.570. The third-order valence-corrected chi connectivity index (χ3v) is 5.07. The number of thioether (sulfide) groups is 1. The van der Waals surface area contributed by atoms with Gasteiger partial charge in [0.05, 0.1) is 6.61 Å². The van der Waals surface area contributed by atoms with Crippen molar-refractivity contribution in [3.63, 3.8) is 0 Å². The van der Waals surface area contributed by atoms with Gasteiger partial charge in [-0.1, -0.05) is 19.1 Å². The van der Waals surface area contributed by atoms with Gasteiger partial charge in [-0.3, -0.25) is 0 Å². The van der Waals surface area contributed by atoms with E-state index in [1.807, 2.05) is 24.3 Å². The topological polar surface area (TPSA) is 38.5 Å². The fraction of sp³-hybridized carbons (Fsp3) is 0.625. The van der Waals surface area contributed by atoms with Crippen LogP contribution in [0.15, 0.2) is 24.3 Å². The molecule has 0 saturated carbocycles. The van der Waals surface area contributed by atoms with Gasteiger partial charge in [-0.05, 0) is 30.5 Å². The highest BCUT2D eigenvalue weighted by molar-refractivity contribution is 8.00. The predicted octanol–water partition coefficient (Wildman–Crippen LogP) is 2.74. The Balaban J connectivity index is 1.65. The van der Waals surface area contributed by atoms with Gasteiger partial charge in [-0.15, -0.1) is 0 Å². The molecular weight excluding hydrogens is 268 g/mol. The van der Waals surface area contributed by atoms with E-state index in [0.717, 1.165) is 36.1 Å². The Hall–Kier alpha value is -0.710. The molecular formula is C16H26N2OS. The van der Waals surface area contributed by atoms with Crippen molar-refractivity contribution < 1.29 is 4.74 Å². The number of nitrogens with two attached hydrogens (primary N) is 1. The lowest BCUT2D eigenvalue weighted by Gasteiger charge is -2.31. The molecule has 0 aliphatic carbocycles. The van der Waals surface area contributed by atoms with Crippen LogP contribution >= 0.6 is 11.8 Å². The highest BCUT2D eigenvalue weighted by atomic mass is 32.2. The first-order valence-electron chi connectivity index (χ1n) is 7.57. The first-order valence-corrected chi connectivity index (χ1v) is 8.62. The second-order valence-corrected chi connectivity index (χ2v) is 6.66. The van der Waals surface area contributed by atoms with Crippen molar-refractivity contribution >= 4 is 11.8 Å². The molecule has 1 fully saturated rings. The highest BCUT2D eigenvalue weighted by Gasteiger charge is 2.18. The summed E-state index contributed by atoms with van der Waals surface area (Å²) in [6, 6.07) is 8.07. The van der Waals surface area contributed by atoms with Crippen LogP contribution in [0.2, 0.25) is 0 Å². The number of hydrogen-bond donors (Lipinski definition) is 1. The second kappa shape index (κ2) is 8.55. The lowest BCUT2D eigenvalue weighted by Crippen LogP contribution is -2.38. The van der Waals surface area contributed by atoms with E-state index in [9.17, 15) is 0 Å². The molecule has 1 unspecified atom stereocenters. The van der Waals surface area contributed by atoms with Gasteiger partial charge in [0, 0.05) is 37.2 Å². The van der Waals surface area contributed by atoms with Gasteiger partial charge >= 0.3 is 0 Å². The van der Waals surface area contributed by atoms with Crippen molar-refractivity contribution in [1.29, 1.82) is 0 Å². The summed E-state index contributed by atoms with van der Waals surface area (Å²) in [6.45, 7) is 7.26. The zero-order chi connectivity index (χ0) is 14.2. The molecule has 4 heteroatoms. The lowest BCUT2D eigenvalue weighted by molar-refractivity contribution is 0.238. The molecule has 1 aromatic carbocycles. The predicted molar refractivity (Wildman–Crippen MR) is 87.4 cm³/mol. The number of nitrogens with zero attached hydrogens (tertiary/aromatic N) is 1. The molecule has 0 amide bonds. The van der Waals surface area contributed by atoms with Crippen molar-refractivity contribution in [2.75, 3.05) is 32.0 Å². The molecule has 2 rings (SSSR count). The van der Waals surface area contributed by atoms with Crippen LogP contribution in [0.4, 0.5) is 0 Å². The third kappa shape index (κ3) is 5.00. The third-order valence-electron chi connectivity index (χ3n) is 3.70. The maximum atomic E-state index is 5.81. The molecule has 1 aliphatic heterocycles. The number of hydrogen-bond acceptors (Lipinski definition) is 4. The minimum Gasteiger partial charge on any atom is -0.494 e. The van der Waals surface area contributed by atoms with Gasteiger partial charge in [0.1, 0.15) is 5.75 Å². The Labute approximate surface area is 126 Å². The van der Waals surface area contributed by atoms with Gasteiger partial charge in [0.15, 0.2) is 0 Å². The fourth-order valence-electron chi connectivity index (χ4n) is 2.47. The maximum Gasteiger partial charge on any atom is 0.119 e. The van der Waals surface area contributed by atoms with Crippen LogP contribution in [0.5, 0.6) is 5.75 Å². The highest BCUT2D eigenvalue weighted by Crippen LogP contribution is 2.21. The summed E-state index contributed by atoms with van der Waals surface area (Å²) in [4.78, 5) is 2.57. The zero-order valence-electron chi connectivity index (χ0n) is 12.4. The van der Waals surface area contributed by atoms with E-state index >= 15 is 0 Å². The first-order chi connectivity index (χ1) is 9.81. The summed E-state index contributed by atoms with van der Waals surface area (Å²) in [6.07, 6.45) is 2.37. The molecule has 2 N–H and O–H groups in total. The van der Waals surface area contributed by atoms with Crippen LogP contribution in [-0.2, 0) is 6.54 Å². The molecule has 0 aromatic heterocycles. The van der Waals surface area contributed by atoms with Crippen molar-refractivity contribution in [2.24, 2.45) is 5.73 Å². The monoisotopic (exact) mass is 294 g/mol. The SMILES string of the molecule is CCC1CN(CCCOc2cccc(CN)c2)CCS1. The molecule has 1 heterocycles. The van der Waals surface area contributed by atoms with E-state index in [0.29, 0.717) is 6.54 Å². The smallest absolute Gasteiger partial charge is 0.119 e. The van der Waals surface area contributed by atoms with Crippen LogP contribution in [-0.4, -0.2) is 42.1 Å². The van der Waals surface area contributed by atoms with Crippen molar-refractivity contribution in [3.8, 4) is 5.75 Å². The lowest BCUT2D eigenvalue weighted by atomic mass is 10.2. The van der Waals surface area contributed by atoms with Gasteiger partial charge < -0.3 is 15.4 Å². The van der Waals surface area contributed by atoms with Gasteiger partial charge in [0.25, 0.3) is 0 Å². The van der Waals surface area contributed by atoms with E-state index in [4.69, 9.17) is 10.5 Å². The number of rotatable bonds is 7. The number of ether oxygens (including phenoxy) is 1. The van der Waals surface area contributed by atoms with Gasteiger partial charge in [-0.2, -0.15) is 11.8 Å². The number of benzene rings is 1. The molecule has 1 aromatic rings. The second-order valence-electron chi connectivity index (χ2n) is 5.26. The maximum absolute atomic E-state index is 5.81. The van der Waals surface area contributed by atoms with Crippen molar-refractivity contribution in [3.05, 3.63) is 29.8 Å². The van der Waals surface area contributed by atoms with E-state index in [1.165, 1.54) is 25.3 Å². The molecule has 0 radical (unpaired) electrons. The quantitative estimate of drug-likeness (QED) is 0.785. The van der Waals surface area contributed by atoms with Crippen molar-refractivity contribution in [1.82, 2.24) is 4.90 Å². The Bertz CT molecular complexity index is 400. The summed E-state index contributed by atoms with van der Waals surface area (Å²) in [7, 11) is 0. The standard InChI is InChI=1S/C16H26N2OS/c1-2-16-13-18(8-10-20-16)7-4-9-19-15-6-3-5-14(11-15)12-17/h3,5-6,11,16H,2,4,7-10,12-13,17H2,1H3. The zero-order valence-corrected chi connectivity index (χ0v) is 13.2. The summed E-state index contributed by atoms with van der Waals surface area (Å²) >= 11 is 2.12. The van der Waals surface area contributed by atoms with Crippen LogP contribution < -0.4 is 10.5 Å². The fourth-order valence-corrected chi connectivity index (χ4v) is 3.72. The normalized spacial score (nSPS) is 20.0. The summed E-state index contributed by atoms with van der Waals surface area (Å²) in [5.74, 6) is 2.21. The molecule has 1 atom stereocenters. The molecule has 0 bridgehead atoms. The van der Waals surface area contributed by atoms with Crippen LogP contribution in [0.25, 0.3) is 0 Å². The summed E-state index contributed by atoms with van der Waals surface area (Å²) in [5, 5.41) is 0.825. The Morgan fingerprint density at radius 1 is 1.45 bits per heavy atom. The molecule has 1 aliphatic rings. The van der Waals surface area contributed by atoms with Gasteiger partial charge in [-0.25, -0.2) is 0 Å². The molecule has 0 spiro atoms. The van der Waals surface area contributed by atoms with E-state index in [-0.39, 0.29) is 0 Å². The van der Waals surface area contributed by atoms with Crippen molar-refractivity contribution in [2.45, 2.75) is 31.6 Å². The van der Waals surface area contributed by atoms with Crippen LogP contribution in [0, 0.1) is 0 Å². The Kier molecular flexibility index (Phi) is 6.70. The Morgan fingerprint density at radius 3 is 3.15 bits per heavy atom. The minimum absolute atomic E-state index is 0.570. The van der Waals surface area contributed by atoms with E-state index in [1.54, 1.807) is 0 Å². The van der Waals surface area contributed by atoms with Crippen LogP contribution in [0.1, 0.15) is 25.3 Å². The van der Waals surface area contributed by atoms with Crippen LogP contribution in [0.3, 0.4) is 0 Å². The van der Waals surface area contributed by atoms with Gasteiger partial charge in [0.2, 0.25) is 0 Å².